The highest BCUT2D eigenvalue weighted by Crippen LogP contribution is 1.84. The molecule has 1 saturated heterocycles. The molecule has 1 heterocycles. The van der Waals surface area contributed by atoms with Crippen molar-refractivity contribution in [2.75, 3.05) is 19.8 Å². The molecule has 50 valence electrons. The van der Waals surface area contributed by atoms with Gasteiger partial charge in [0.15, 0.2) is 0 Å². The van der Waals surface area contributed by atoms with Gasteiger partial charge in [-0.2, -0.15) is 0 Å². The van der Waals surface area contributed by atoms with Crippen LogP contribution in [0.5, 0.6) is 0 Å². The lowest BCUT2D eigenvalue weighted by molar-refractivity contribution is 0.110. The van der Waals surface area contributed by atoms with Crippen LogP contribution in [-0.4, -0.2) is 36.1 Å². The number of aliphatic hydroxyl groups is 2. The van der Waals surface area contributed by atoms with E-state index in [9.17, 15) is 0 Å². The van der Waals surface area contributed by atoms with Gasteiger partial charge in [-0.15, -0.1) is 0 Å². The van der Waals surface area contributed by atoms with Crippen LogP contribution in [-0.2, 0) is 4.74 Å². The van der Waals surface area contributed by atoms with Crippen molar-refractivity contribution in [3.63, 3.8) is 0 Å². The van der Waals surface area contributed by atoms with Crippen molar-refractivity contribution in [3.8, 4) is 0 Å². The summed E-state index contributed by atoms with van der Waals surface area (Å²) in [5.41, 5.74) is 0. The topological polar surface area (TPSA) is 53.0 Å². The first-order valence-electron chi connectivity index (χ1n) is 2.64. The zero-order chi connectivity index (χ0) is 6.41. The summed E-state index contributed by atoms with van der Waals surface area (Å²) >= 11 is 0. The van der Waals surface area contributed by atoms with Crippen LogP contribution >= 0.6 is 0 Å². The molecule has 1 fully saturated rings. The van der Waals surface area contributed by atoms with Gasteiger partial charge in [-0.1, -0.05) is 0 Å². The summed E-state index contributed by atoms with van der Waals surface area (Å²) in [6, 6.07) is 0. The molecule has 1 aliphatic heterocycles. The summed E-state index contributed by atoms with van der Waals surface area (Å²) in [5.74, 6) is 0. The minimum atomic E-state index is -0.560. The molecular formula is C5H12O3. The molecule has 0 saturated carbocycles. The predicted molar refractivity (Wildman–Crippen MR) is 29.6 cm³/mol. The zero-order valence-electron chi connectivity index (χ0n) is 5.00. The molecule has 0 amide bonds. The van der Waals surface area contributed by atoms with Crippen molar-refractivity contribution >= 4 is 0 Å². The smallest absolute Gasteiger partial charge is 0.0742 e. The number of aliphatic hydroxyl groups excluding tert-OH is 2. The molecular weight excluding hydrogens is 108 g/mol. The molecule has 3 heteroatoms. The lowest BCUT2D eigenvalue weighted by Gasteiger charge is -1.90. The number of hydrogen-bond acceptors (Lipinski definition) is 3. The van der Waals surface area contributed by atoms with E-state index in [2.05, 4.69) is 4.74 Å². The average molecular weight is 120 g/mol. The van der Waals surface area contributed by atoms with E-state index in [0.717, 1.165) is 13.2 Å². The SMILES string of the molecule is C1CO1.C[C@@H](O)CO. The number of hydrogen-bond donors (Lipinski definition) is 2. The van der Waals surface area contributed by atoms with Crippen molar-refractivity contribution in [1.29, 1.82) is 0 Å². The first-order chi connectivity index (χ1) is 3.77. The second-order valence-corrected chi connectivity index (χ2v) is 1.64. The van der Waals surface area contributed by atoms with Gasteiger partial charge in [0.25, 0.3) is 0 Å². The van der Waals surface area contributed by atoms with E-state index in [0.29, 0.717) is 0 Å². The van der Waals surface area contributed by atoms with Crippen LogP contribution in [0.15, 0.2) is 0 Å². The van der Waals surface area contributed by atoms with Gasteiger partial charge in [0.05, 0.1) is 25.9 Å². The van der Waals surface area contributed by atoms with Crippen molar-refractivity contribution in [2.24, 2.45) is 0 Å². The average Bonchev–Trinajstić information content (AvgIpc) is 2.48. The van der Waals surface area contributed by atoms with Gasteiger partial charge in [0, 0.05) is 0 Å². The van der Waals surface area contributed by atoms with E-state index in [-0.39, 0.29) is 6.61 Å². The van der Waals surface area contributed by atoms with Crippen LogP contribution in [0.1, 0.15) is 6.92 Å². The summed E-state index contributed by atoms with van der Waals surface area (Å²) in [6.07, 6.45) is -0.560. The van der Waals surface area contributed by atoms with E-state index in [1.54, 1.807) is 0 Å². The standard InChI is InChI=1S/C3H8O2.C2H4O/c1-3(5)2-4;1-2-3-1/h3-5H,2H2,1H3;1-2H2/t3-;/m1./s1. The van der Waals surface area contributed by atoms with Gasteiger partial charge in [-0.25, -0.2) is 0 Å². The Balaban J connectivity index is 0.000000135. The van der Waals surface area contributed by atoms with Gasteiger partial charge < -0.3 is 14.9 Å². The van der Waals surface area contributed by atoms with Crippen LogP contribution in [0, 0.1) is 0 Å². The molecule has 0 aromatic carbocycles. The second kappa shape index (κ2) is 5.03. The van der Waals surface area contributed by atoms with Crippen LogP contribution in [0.2, 0.25) is 0 Å². The highest BCUT2D eigenvalue weighted by atomic mass is 16.6. The summed E-state index contributed by atoms with van der Waals surface area (Å²) in [4.78, 5) is 0. The van der Waals surface area contributed by atoms with Crippen molar-refractivity contribution in [1.82, 2.24) is 0 Å². The van der Waals surface area contributed by atoms with E-state index in [1.165, 1.54) is 6.92 Å². The number of ether oxygens (including phenoxy) is 1. The highest BCUT2D eigenvalue weighted by Gasteiger charge is 1.94. The normalized spacial score (nSPS) is 18.4. The highest BCUT2D eigenvalue weighted by molar-refractivity contribution is 4.36. The minimum absolute atomic E-state index is 0.139. The van der Waals surface area contributed by atoms with E-state index in [4.69, 9.17) is 10.2 Å². The number of epoxide rings is 1. The van der Waals surface area contributed by atoms with Crippen LogP contribution in [0.25, 0.3) is 0 Å². The fourth-order valence-corrected chi connectivity index (χ4v) is 0. The lowest BCUT2D eigenvalue weighted by Crippen LogP contribution is -2.03. The number of rotatable bonds is 1. The first-order valence-corrected chi connectivity index (χ1v) is 2.64. The third-order valence-electron chi connectivity index (χ3n) is 0.468. The summed E-state index contributed by atoms with van der Waals surface area (Å²) in [7, 11) is 0. The van der Waals surface area contributed by atoms with Gasteiger partial charge in [-0.05, 0) is 6.92 Å². The second-order valence-electron chi connectivity index (χ2n) is 1.64. The Bertz CT molecular complexity index is 40.2. The maximum atomic E-state index is 8.11. The molecule has 3 nitrogen and oxygen atoms in total. The molecule has 0 aliphatic carbocycles. The zero-order valence-corrected chi connectivity index (χ0v) is 5.00. The Morgan fingerprint density at radius 2 is 1.88 bits per heavy atom. The van der Waals surface area contributed by atoms with E-state index in [1.807, 2.05) is 0 Å². The molecule has 0 radical (unpaired) electrons. The minimum Gasteiger partial charge on any atom is -0.394 e. The molecule has 0 aromatic rings. The monoisotopic (exact) mass is 120 g/mol. The van der Waals surface area contributed by atoms with Crippen LogP contribution < -0.4 is 0 Å². The third-order valence-corrected chi connectivity index (χ3v) is 0.468. The quantitative estimate of drug-likeness (QED) is 0.453. The predicted octanol–water partition coefficient (Wildman–Crippen LogP) is -0.624. The Hall–Kier alpha value is -0.120. The molecule has 8 heavy (non-hydrogen) atoms. The summed E-state index contributed by atoms with van der Waals surface area (Å²) in [5, 5.41) is 16.0. The Morgan fingerprint density at radius 3 is 1.88 bits per heavy atom. The molecule has 2 N–H and O–H groups in total. The van der Waals surface area contributed by atoms with Gasteiger partial charge in [0.2, 0.25) is 0 Å². The van der Waals surface area contributed by atoms with E-state index < -0.39 is 6.10 Å². The van der Waals surface area contributed by atoms with Crippen molar-refractivity contribution in [3.05, 3.63) is 0 Å². The Labute approximate surface area is 48.9 Å². The van der Waals surface area contributed by atoms with Crippen molar-refractivity contribution < 1.29 is 14.9 Å². The van der Waals surface area contributed by atoms with Crippen LogP contribution in [0.3, 0.4) is 0 Å². The van der Waals surface area contributed by atoms with Gasteiger partial charge in [-0.3, -0.25) is 0 Å². The molecule has 1 atom stereocenters. The molecule has 0 bridgehead atoms. The third kappa shape index (κ3) is 16.9. The molecule has 1 aliphatic rings. The first kappa shape index (κ1) is 7.88. The molecule has 0 aromatic heterocycles. The Kier molecular flexibility index (Phi) is 4.95. The molecule has 1 rings (SSSR count). The van der Waals surface area contributed by atoms with Gasteiger partial charge >= 0.3 is 0 Å². The molecule has 0 spiro atoms. The lowest BCUT2D eigenvalue weighted by atomic mass is 10.5. The fourth-order valence-electron chi connectivity index (χ4n) is 0. The maximum Gasteiger partial charge on any atom is 0.0742 e. The maximum absolute atomic E-state index is 8.11. The fraction of sp³-hybridized carbons (Fsp3) is 1.00. The summed E-state index contributed by atoms with van der Waals surface area (Å²) < 4.78 is 4.50. The van der Waals surface area contributed by atoms with Crippen LogP contribution in [0.4, 0.5) is 0 Å². The molecule has 0 unspecified atom stereocenters. The Morgan fingerprint density at radius 1 is 1.62 bits per heavy atom. The van der Waals surface area contributed by atoms with Crippen molar-refractivity contribution in [2.45, 2.75) is 13.0 Å². The van der Waals surface area contributed by atoms with E-state index >= 15 is 0 Å². The van der Waals surface area contributed by atoms with Gasteiger partial charge in [0.1, 0.15) is 0 Å². The largest absolute Gasteiger partial charge is 0.394 e. The summed E-state index contributed by atoms with van der Waals surface area (Å²) in [6.45, 7) is 3.39.